The van der Waals surface area contributed by atoms with Gasteiger partial charge in [0.05, 0.1) is 26.8 Å². The molecule has 0 saturated heterocycles. The van der Waals surface area contributed by atoms with Gasteiger partial charge in [-0.2, -0.15) is 5.26 Å². The van der Waals surface area contributed by atoms with Gasteiger partial charge in [0, 0.05) is 6.54 Å². The van der Waals surface area contributed by atoms with Crippen LogP contribution in [0.5, 0.6) is 11.5 Å². The number of nitrogens with zero attached hydrogens (tertiary/aromatic N) is 2. The molecular formula is C18H27N3O3. The largest absolute Gasteiger partial charge is 0.493 e. The number of hydrogen-bond acceptors (Lipinski definition) is 5. The molecule has 0 saturated carbocycles. The number of carbonyl (C=O) groups excluding carboxylic acids is 1. The third-order valence-corrected chi connectivity index (χ3v) is 4.10. The second-order valence-corrected chi connectivity index (χ2v) is 6.38. The van der Waals surface area contributed by atoms with Gasteiger partial charge in [-0.1, -0.05) is 19.9 Å². The van der Waals surface area contributed by atoms with Crippen LogP contribution >= 0.6 is 0 Å². The fourth-order valence-corrected chi connectivity index (χ4v) is 2.22. The first-order valence-electron chi connectivity index (χ1n) is 7.87. The zero-order chi connectivity index (χ0) is 18.3. The third-order valence-electron chi connectivity index (χ3n) is 4.10. The number of likely N-dealkylation sites (N-methyl/N-ethyl adjacent to an activating group) is 1. The average Bonchev–Trinajstić information content (AvgIpc) is 2.53. The summed E-state index contributed by atoms with van der Waals surface area (Å²) in [7, 11) is 5.04. The summed E-state index contributed by atoms with van der Waals surface area (Å²) in [5, 5.41) is 12.1. The van der Waals surface area contributed by atoms with Crippen LogP contribution in [0.4, 0.5) is 0 Å². The quantitative estimate of drug-likeness (QED) is 0.789. The van der Waals surface area contributed by atoms with Crippen molar-refractivity contribution >= 4 is 5.91 Å². The Morgan fingerprint density at radius 1 is 1.33 bits per heavy atom. The first-order valence-corrected chi connectivity index (χ1v) is 7.87. The van der Waals surface area contributed by atoms with Crippen LogP contribution < -0.4 is 14.8 Å². The molecule has 0 radical (unpaired) electrons. The number of benzene rings is 1. The van der Waals surface area contributed by atoms with Gasteiger partial charge in [-0.3, -0.25) is 9.69 Å². The van der Waals surface area contributed by atoms with E-state index in [9.17, 15) is 10.1 Å². The van der Waals surface area contributed by atoms with Gasteiger partial charge in [0.1, 0.15) is 5.54 Å². The second kappa shape index (κ2) is 8.55. The van der Waals surface area contributed by atoms with Crippen LogP contribution in [0.3, 0.4) is 0 Å². The van der Waals surface area contributed by atoms with E-state index in [0.717, 1.165) is 5.56 Å². The van der Waals surface area contributed by atoms with Crippen LogP contribution in [0.25, 0.3) is 0 Å². The van der Waals surface area contributed by atoms with Crippen LogP contribution in [0.2, 0.25) is 0 Å². The van der Waals surface area contributed by atoms with E-state index in [2.05, 4.69) is 11.4 Å². The normalized spacial score (nSPS) is 13.3. The maximum absolute atomic E-state index is 12.2. The summed E-state index contributed by atoms with van der Waals surface area (Å²) in [6.07, 6.45) is 0. The van der Waals surface area contributed by atoms with Gasteiger partial charge in [0.25, 0.3) is 0 Å². The lowest BCUT2D eigenvalue weighted by Gasteiger charge is -2.28. The predicted molar refractivity (Wildman–Crippen MR) is 92.9 cm³/mol. The van der Waals surface area contributed by atoms with Gasteiger partial charge in [-0.15, -0.1) is 0 Å². The van der Waals surface area contributed by atoms with Gasteiger partial charge >= 0.3 is 0 Å². The van der Waals surface area contributed by atoms with Crippen LogP contribution in [0, 0.1) is 17.2 Å². The number of nitriles is 1. The van der Waals surface area contributed by atoms with E-state index in [1.807, 2.05) is 44.0 Å². The Balaban J connectivity index is 2.68. The molecule has 0 aliphatic carbocycles. The second-order valence-electron chi connectivity index (χ2n) is 6.38. The molecule has 0 aliphatic heterocycles. The lowest BCUT2D eigenvalue weighted by atomic mass is 9.90. The van der Waals surface area contributed by atoms with E-state index >= 15 is 0 Å². The molecule has 132 valence electrons. The molecule has 0 heterocycles. The van der Waals surface area contributed by atoms with Crippen molar-refractivity contribution in [2.75, 3.05) is 27.8 Å². The SMILES string of the molecule is COc1ccc(CN(C)CC(=O)N[C@@](C)(C#N)C(C)C)cc1OC. The van der Waals surface area contributed by atoms with Crippen LogP contribution in [0.1, 0.15) is 26.3 Å². The maximum Gasteiger partial charge on any atom is 0.235 e. The Morgan fingerprint density at radius 2 is 1.96 bits per heavy atom. The van der Waals surface area contributed by atoms with Gasteiger partial charge in [0.2, 0.25) is 5.91 Å². The predicted octanol–water partition coefficient (Wildman–Crippen LogP) is 2.19. The van der Waals surface area contributed by atoms with E-state index in [1.165, 1.54) is 0 Å². The van der Waals surface area contributed by atoms with E-state index < -0.39 is 5.54 Å². The monoisotopic (exact) mass is 333 g/mol. The summed E-state index contributed by atoms with van der Waals surface area (Å²) in [5.74, 6) is 1.19. The molecule has 0 aliphatic rings. The van der Waals surface area contributed by atoms with Crippen LogP contribution in [-0.4, -0.2) is 44.2 Å². The Morgan fingerprint density at radius 3 is 2.46 bits per heavy atom. The fourth-order valence-electron chi connectivity index (χ4n) is 2.22. The summed E-state index contributed by atoms with van der Waals surface area (Å²) in [6.45, 7) is 6.36. The summed E-state index contributed by atoms with van der Waals surface area (Å²) in [4.78, 5) is 14.1. The summed E-state index contributed by atoms with van der Waals surface area (Å²) < 4.78 is 10.5. The van der Waals surface area contributed by atoms with E-state index in [1.54, 1.807) is 21.1 Å². The minimum atomic E-state index is -0.860. The number of amides is 1. The van der Waals surface area contributed by atoms with E-state index in [0.29, 0.717) is 18.0 Å². The topological polar surface area (TPSA) is 74.6 Å². The molecule has 0 unspecified atom stereocenters. The maximum atomic E-state index is 12.2. The van der Waals surface area contributed by atoms with Gasteiger partial charge in [-0.25, -0.2) is 0 Å². The molecule has 1 atom stereocenters. The molecule has 0 spiro atoms. The van der Waals surface area contributed by atoms with Gasteiger partial charge in [0.15, 0.2) is 11.5 Å². The zero-order valence-corrected chi connectivity index (χ0v) is 15.3. The Bertz CT molecular complexity index is 610. The standard InChI is InChI=1S/C18H27N3O3/c1-13(2)18(3,12-19)20-17(22)11-21(4)10-14-7-8-15(23-5)16(9-14)24-6/h7-9,13H,10-11H2,1-6H3,(H,20,22)/t18-/m0/s1. The van der Waals surface area contributed by atoms with Crippen molar-refractivity contribution in [3.63, 3.8) is 0 Å². The molecule has 1 N–H and O–H groups in total. The Hall–Kier alpha value is -2.26. The highest BCUT2D eigenvalue weighted by Crippen LogP contribution is 2.27. The van der Waals surface area contributed by atoms with E-state index in [-0.39, 0.29) is 18.4 Å². The Labute approximate surface area is 144 Å². The molecule has 1 aromatic rings. The third kappa shape index (κ3) is 5.14. The highest BCUT2D eigenvalue weighted by Gasteiger charge is 2.30. The number of nitrogens with one attached hydrogen (secondary N) is 1. The molecule has 1 rings (SSSR count). The minimum absolute atomic E-state index is 0.0302. The summed E-state index contributed by atoms with van der Waals surface area (Å²) in [6, 6.07) is 7.84. The molecule has 6 nitrogen and oxygen atoms in total. The van der Waals surface area contributed by atoms with Crippen molar-refractivity contribution < 1.29 is 14.3 Å². The molecule has 24 heavy (non-hydrogen) atoms. The zero-order valence-electron chi connectivity index (χ0n) is 15.3. The molecular weight excluding hydrogens is 306 g/mol. The van der Waals surface area contributed by atoms with Crippen molar-refractivity contribution in [1.82, 2.24) is 10.2 Å². The van der Waals surface area contributed by atoms with Crippen molar-refractivity contribution in [1.29, 1.82) is 5.26 Å². The van der Waals surface area contributed by atoms with Gasteiger partial charge in [-0.05, 0) is 37.6 Å². The number of hydrogen-bond donors (Lipinski definition) is 1. The lowest BCUT2D eigenvalue weighted by molar-refractivity contribution is -0.123. The van der Waals surface area contributed by atoms with Gasteiger partial charge < -0.3 is 14.8 Å². The lowest BCUT2D eigenvalue weighted by Crippen LogP contribution is -2.51. The van der Waals surface area contributed by atoms with Crippen molar-refractivity contribution in [2.24, 2.45) is 5.92 Å². The number of ether oxygens (including phenoxy) is 2. The molecule has 0 bridgehead atoms. The molecule has 1 amide bonds. The highest BCUT2D eigenvalue weighted by molar-refractivity contribution is 5.79. The average molecular weight is 333 g/mol. The highest BCUT2D eigenvalue weighted by atomic mass is 16.5. The fraction of sp³-hybridized carbons (Fsp3) is 0.556. The smallest absolute Gasteiger partial charge is 0.235 e. The summed E-state index contributed by atoms with van der Waals surface area (Å²) in [5.41, 5.74) is 0.149. The van der Waals surface area contributed by atoms with Crippen LogP contribution in [-0.2, 0) is 11.3 Å². The molecule has 0 fully saturated rings. The van der Waals surface area contributed by atoms with Crippen molar-refractivity contribution in [3.05, 3.63) is 23.8 Å². The van der Waals surface area contributed by atoms with Crippen molar-refractivity contribution in [2.45, 2.75) is 32.9 Å². The van der Waals surface area contributed by atoms with Crippen molar-refractivity contribution in [3.8, 4) is 17.6 Å². The molecule has 1 aromatic carbocycles. The summed E-state index contributed by atoms with van der Waals surface area (Å²) >= 11 is 0. The first-order chi connectivity index (χ1) is 11.3. The molecule has 6 heteroatoms. The Kier molecular flexibility index (Phi) is 7.05. The van der Waals surface area contributed by atoms with E-state index in [4.69, 9.17) is 9.47 Å². The number of rotatable bonds is 8. The van der Waals surface area contributed by atoms with Crippen LogP contribution in [0.15, 0.2) is 18.2 Å². The first kappa shape index (κ1) is 19.8. The number of carbonyl (C=O) groups is 1. The number of methoxy groups -OCH3 is 2. The molecule has 0 aromatic heterocycles. The minimum Gasteiger partial charge on any atom is -0.493 e.